The van der Waals surface area contributed by atoms with Crippen molar-refractivity contribution in [1.82, 2.24) is 0 Å². The van der Waals surface area contributed by atoms with E-state index in [1.54, 1.807) is 30.3 Å². The fraction of sp³-hybridized carbons (Fsp3) is 0. The van der Waals surface area contributed by atoms with Crippen LogP contribution in [0.1, 0.15) is 20.7 Å². The van der Waals surface area contributed by atoms with E-state index >= 15 is 0 Å². The normalized spacial score (nSPS) is 10.1. The molecule has 2 aromatic rings. The number of hydrogen-bond acceptors (Lipinski definition) is 2. The highest BCUT2D eigenvalue weighted by Crippen LogP contribution is 2.24. The lowest BCUT2D eigenvalue weighted by Crippen LogP contribution is -2.12. The smallest absolute Gasteiger partial charge is 0.335 e. The Balaban J connectivity index is 2.19. The van der Waals surface area contributed by atoms with Crippen molar-refractivity contribution in [2.24, 2.45) is 0 Å². The van der Waals surface area contributed by atoms with E-state index in [2.05, 4.69) is 37.2 Å². The Morgan fingerprint density at radius 3 is 2.10 bits per heavy atom. The fourth-order valence-electron chi connectivity index (χ4n) is 1.55. The van der Waals surface area contributed by atoms with Crippen LogP contribution in [0.4, 0.5) is 5.69 Å². The van der Waals surface area contributed by atoms with Gasteiger partial charge in [-0.05, 0) is 58.4 Å². The van der Waals surface area contributed by atoms with Crippen LogP contribution in [0.5, 0.6) is 0 Å². The molecule has 0 aliphatic heterocycles. The maximum Gasteiger partial charge on any atom is 0.335 e. The van der Waals surface area contributed by atoms with Gasteiger partial charge in [0.25, 0.3) is 5.91 Å². The molecule has 2 aromatic carbocycles. The average molecular weight is 399 g/mol. The number of carbonyl (C=O) groups is 2. The summed E-state index contributed by atoms with van der Waals surface area (Å²) in [6.45, 7) is 0. The number of carboxylic acid groups (broad SMARTS) is 1. The molecule has 0 atom stereocenters. The lowest BCUT2D eigenvalue weighted by atomic mass is 10.2. The van der Waals surface area contributed by atoms with Crippen LogP contribution >= 0.6 is 31.9 Å². The Labute approximate surface area is 132 Å². The summed E-state index contributed by atoms with van der Waals surface area (Å²) in [6.07, 6.45) is 0. The number of benzene rings is 2. The van der Waals surface area contributed by atoms with E-state index in [0.29, 0.717) is 15.7 Å². The van der Waals surface area contributed by atoms with Gasteiger partial charge in [0, 0.05) is 14.5 Å². The van der Waals surface area contributed by atoms with E-state index in [1.807, 2.05) is 0 Å². The fourth-order valence-corrected chi connectivity index (χ4v) is 2.29. The number of rotatable bonds is 3. The predicted octanol–water partition coefficient (Wildman–Crippen LogP) is 4.16. The number of amides is 1. The summed E-state index contributed by atoms with van der Waals surface area (Å²) in [4.78, 5) is 22.9. The molecule has 0 spiro atoms. The van der Waals surface area contributed by atoms with Crippen LogP contribution in [-0.2, 0) is 0 Å². The van der Waals surface area contributed by atoms with Crippen molar-refractivity contribution in [1.29, 1.82) is 0 Å². The van der Waals surface area contributed by atoms with Gasteiger partial charge in [0.2, 0.25) is 0 Å². The first-order chi connectivity index (χ1) is 9.47. The Kier molecular flexibility index (Phi) is 4.57. The molecule has 0 fully saturated rings. The predicted molar refractivity (Wildman–Crippen MR) is 83.2 cm³/mol. The Morgan fingerprint density at radius 1 is 0.950 bits per heavy atom. The molecule has 0 heterocycles. The van der Waals surface area contributed by atoms with Crippen LogP contribution in [0.2, 0.25) is 0 Å². The minimum atomic E-state index is -1.02. The van der Waals surface area contributed by atoms with Gasteiger partial charge in [0.15, 0.2) is 0 Å². The quantitative estimate of drug-likeness (QED) is 0.815. The van der Waals surface area contributed by atoms with Crippen molar-refractivity contribution in [3.8, 4) is 0 Å². The van der Waals surface area contributed by atoms with Gasteiger partial charge in [0.1, 0.15) is 0 Å². The summed E-state index contributed by atoms with van der Waals surface area (Å²) in [5.74, 6) is -1.28. The number of anilines is 1. The number of nitrogens with one attached hydrogen (secondary N) is 1. The first kappa shape index (κ1) is 14.7. The maximum absolute atomic E-state index is 12.0. The highest BCUT2D eigenvalue weighted by Gasteiger charge is 2.10. The third-order valence-electron chi connectivity index (χ3n) is 2.57. The second-order valence-electron chi connectivity index (χ2n) is 3.96. The zero-order valence-corrected chi connectivity index (χ0v) is 13.2. The van der Waals surface area contributed by atoms with Gasteiger partial charge in [-0.25, -0.2) is 4.79 Å². The first-order valence-electron chi connectivity index (χ1n) is 5.57. The Bertz CT molecular complexity index is 669. The molecule has 2 rings (SSSR count). The van der Waals surface area contributed by atoms with Gasteiger partial charge in [-0.2, -0.15) is 0 Å². The van der Waals surface area contributed by atoms with E-state index < -0.39 is 5.97 Å². The van der Waals surface area contributed by atoms with Gasteiger partial charge >= 0.3 is 5.97 Å². The topological polar surface area (TPSA) is 66.4 Å². The van der Waals surface area contributed by atoms with Gasteiger partial charge in [-0.3, -0.25) is 4.79 Å². The number of halogens is 2. The molecule has 2 N–H and O–H groups in total. The summed E-state index contributed by atoms with van der Waals surface area (Å²) >= 11 is 6.54. The second kappa shape index (κ2) is 6.19. The Morgan fingerprint density at radius 2 is 1.55 bits per heavy atom. The van der Waals surface area contributed by atoms with Crippen molar-refractivity contribution in [3.05, 3.63) is 62.5 Å². The summed E-state index contributed by atoms with van der Waals surface area (Å²) in [5.41, 5.74) is 1.18. The van der Waals surface area contributed by atoms with Crippen LogP contribution in [0, 0.1) is 0 Å². The SMILES string of the molecule is O=C(O)c1ccc(NC(=O)c2ccc(Br)cc2)c(Br)c1. The monoisotopic (exact) mass is 397 g/mol. The molecule has 0 bridgehead atoms. The van der Waals surface area contributed by atoms with E-state index in [0.717, 1.165) is 4.47 Å². The van der Waals surface area contributed by atoms with E-state index in [1.165, 1.54) is 12.1 Å². The third-order valence-corrected chi connectivity index (χ3v) is 3.76. The minimum Gasteiger partial charge on any atom is -0.478 e. The van der Waals surface area contributed by atoms with Crippen molar-refractivity contribution in [3.63, 3.8) is 0 Å². The molecule has 6 heteroatoms. The highest BCUT2D eigenvalue weighted by molar-refractivity contribution is 9.10. The third kappa shape index (κ3) is 3.46. The highest BCUT2D eigenvalue weighted by atomic mass is 79.9. The summed E-state index contributed by atoms with van der Waals surface area (Å²) in [6, 6.07) is 11.4. The van der Waals surface area contributed by atoms with Gasteiger partial charge < -0.3 is 10.4 Å². The molecule has 0 saturated carbocycles. The van der Waals surface area contributed by atoms with Crippen LogP contribution in [-0.4, -0.2) is 17.0 Å². The van der Waals surface area contributed by atoms with Gasteiger partial charge in [0.05, 0.1) is 11.3 Å². The molecule has 0 unspecified atom stereocenters. The summed E-state index contributed by atoms with van der Waals surface area (Å²) < 4.78 is 1.41. The Hall–Kier alpha value is -1.66. The van der Waals surface area contributed by atoms with Crippen LogP contribution < -0.4 is 5.32 Å². The van der Waals surface area contributed by atoms with Gasteiger partial charge in [-0.15, -0.1) is 0 Å². The second-order valence-corrected chi connectivity index (χ2v) is 5.73. The lowest BCUT2D eigenvalue weighted by molar-refractivity contribution is 0.0696. The van der Waals surface area contributed by atoms with Gasteiger partial charge in [-0.1, -0.05) is 15.9 Å². The number of carboxylic acids is 1. The zero-order chi connectivity index (χ0) is 14.7. The van der Waals surface area contributed by atoms with E-state index in [-0.39, 0.29) is 11.5 Å². The molecule has 0 saturated heterocycles. The minimum absolute atomic E-state index is 0.151. The largest absolute Gasteiger partial charge is 0.478 e. The summed E-state index contributed by atoms with van der Waals surface area (Å²) in [5, 5.41) is 11.6. The molecule has 0 aliphatic rings. The number of hydrogen-bond donors (Lipinski definition) is 2. The molecule has 20 heavy (non-hydrogen) atoms. The van der Waals surface area contributed by atoms with E-state index in [4.69, 9.17) is 5.11 Å². The first-order valence-corrected chi connectivity index (χ1v) is 7.16. The van der Waals surface area contributed by atoms with Crippen molar-refractivity contribution >= 4 is 49.4 Å². The molecular formula is C14H9Br2NO3. The molecule has 0 aliphatic carbocycles. The molecule has 1 amide bonds. The van der Waals surface area contributed by atoms with Crippen LogP contribution in [0.15, 0.2) is 51.4 Å². The summed E-state index contributed by atoms with van der Waals surface area (Å²) in [7, 11) is 0. The molecule has 102 valence electrons. The molecule has 0 aromatic heterocycles. The van der Waals surface area contributed by atoms with E-state index in [9.17, 15) is 9.59 Å². The zero-order valence-electron chi connectivity index (χ0n) is 10.1. The van der Waals surface area contributed by atoms with Crippen molar-refractivity contribution in [2.45, 2.75) is 0 Å². The molecular weight excluding hydrogens is 390 g/mol. The van der Waals surface area contributed by atoms with Crippen LogP contribution in [0.25, 0.3) is 0 Å². The lowest BCUT2D eigenvalue weighted by Gasteiger charge is -2.08. The van der Waals surface area contributed by atoms with Crippen molar-refractivity contribution in [2.75, 3.05) is 5.32 Å². The number of aromatic carboxylic acids is 1. The maximum atomic E-state index is 12.0. The van der Waals surface area contributed by atoms with Crippen LogP contribution in [0.3, 0.4) is 0 Å². The van der Waals surface area contributed by atoms with Crippen molar-refractivity contribution < 1.29 is 14.7 Å². The molecule has 4 nitrogen and oxygen atoms in total. The molecule has 0 radical (unpaired) electrons. The number of carbonyl (C=O) groups excluding carboxylic acids is 1. The standard InChI is InChI=1S/C14H9Br2NO3/c15-10-4-1-8(2-5-10)13(18)17-12-6-3-9(14(19)20)7-11(12)16/h1-7H,(H,17,18)(H,19,20). The average Bonchev–Trinajstić information content (AvgIpc) is 2.41.